The lowest BCUT2D eigenvalue weighted by Gasteiger charge is -2.19. The highest BCUT2D eigenvalue weighted by atomic mass is 16.5. The molecule has 6 heteroatoms. The molecule has 22 heavy (non-hydrogen) atoms. The molecule has 0 saturated carbocycles. The van der Waals surface area contributed by atoms with Gasteiger partial charge in [0.05, 0.1) is 30.1 Å². The Bertz CT molecular complexity index is 698. The molecule has 2 aromatic rings. The van der Waals surface area contributed by atoms with E-state index >= 15 is 0 Å². The molecular formula is C16H17N3O3. The fraction of sp³-hybridized carbons (Fsp3) is 0.375. The summed E-state index contributed by atoms with van der Waals surface area (Å²) in [7, 11) is 0. The lowest BCUT2D eigenvalue weighted by atomic mass is 9.95. The Morgan fingerprint density at radius 3 is 2.82 bits per heavy atom. The summed E-state index contributed by atoms with van der Waals surface area (Å²) in [6.07, 6.45) is 4.72. The van der Waals surface area contributed by atoms with Crippen LogP contribution in [0.2, 0.25) is 0 Å². The Balaban J connectivity index is 1.52. The summed E-state index contributed by atoms with van der Waals surface area (Å²) in [6, 6.07) is 9.39. The maximum absolute atomic E-state index is 12.3. The second-order valence-electron chi connectivity index (χ2n) is 5.83. The largest absolute Gasteiger partial charge is 0.504 e. The number of fused-ring (bicyclic) bond motifs is 2. The van der Waals surface area contributed by atoms with Gasteiger partial charge in [-0.25, -0.2) is 4.68 Å². The predicted molar refractivity (Wildman–Crippen MR) is 79.0 cm³/mol. The molecular weight excluding hydrogens is 282 g/mol. The molecule has 0 spiro atoms. The zero-order chi connectivity index (χ0) is 15.1. The van der Waals surface area contributed by atoms with Crippen molar-refractivity contribution < 1.29 is 14.6 Å². The third-order valence-electron chi connectivity index (χ3n) is 4.35. The first kappa shape index (κ1) is 13.3. The first-order valence-corrected chi connectivity index (χ1v) is 7.51. The van der Waals surface area contributed by atoms with Gasteiger partial charge in [0.15, 0.2) is 11.4 Å². The van der Waals surface area contributed by atoms with Crippen LogP contribution in [0, 0.1) is 0 Å². The van der Waals surface area contributed by atoms with Crippen molar-refractivity contribution >= 4 is 5.91 Å². The van der Waals surface area contributed by atoms with Gasteiger partial charge in [0.2, 0.25) is 0 Å². The van der Waals surface area contributed by atoms with Gasteiger partial charge < -0.3 is 15.2 Å². The number of ether oxygens (including phenoxy) is 1. The molecule has 1 aromatic heterocycles. The molecule has 0 radical (unpaired) electrons. The minimum Gasteiger partial charge on any atom is -0.504 e. The molecule has 4 rings (SSSR count). The summed E-state index contributed by atoms with van der Waals surface area (Å²) < 4.78 is 7.23. The Kier molecular flexibility index (Phi) is 3.11. The van der Waals surface area contributed by atoms with Crippen LogP contribution in [0.25, 0.3) is 5.69 Å². The standard InChI is InChI=1S/C16H17N3O3/c20-13-9-19(10-4-2-1-3-5-10)18-15(13)16(21)17-12-8-11-6-7-14(12)22-11/h1-5,9,11-12,14,20H,6-8H2,(H,17,21)/t11-,12+,14+/m0/s1. The first-order chi connectivity index (χ1) is 10.7. The maximum Gasteiger partial charge on any atom is 0.275 e. The van der Waals surface area contributed by atoms with Crippen molar-refractivity contribution in [1.82, 2.24) is 15.1 Å². The van der Waals surface area contributed by atoms with E-state index in [2.05, 4.69) is 10.4 Å². The van der Waals surface area contributed by atoms with Crippen LogP contribution in [0.15, 0.2) is 36.5 Å². The third-order valence-corrected chi connectivity index (χ3v) is 4.35. The number of nitrogens with one attached hydrogen (secondary N) is 1. The van der Waals surface area contributed by atoms with Crippen molar-refractivity contribution in [1.29, 1.82) is 0 Å². The number of rotatable bonds is 3. The van der Waals surface area contributed by atoms with Crippen LogP contribution in [0.5, 0.6) is 5.75 Å². The number of aromatic nitrogens is 2. The van der Waals surface area contributed by atoms with Crippen molar-refractivity contribution in [3.8, 4) is 11.4 Å². The zero-order valence-electron chi connectivity index (χ0n) is 12.0. The molecule has 1 aromatic carbocycles. The minimum absolute atomic E-state index is 0.0209. The summed E-state index contributed by atoms with van der Waals surface area (Å²) in [4.78, 5) is 12.3. The Hall–Kier alpha value is -2.34. The summed E-state index contributed by atoms with van der Waals surface area (Å²) in [6.45, 7) is 0. The van der Waals surface area contributed by atoms with Crippen molar-refractivity contribution in [2.45, 2.75) is 37.5 Å². The van der Waals surface area contributed by atoms with Crippen molar-refractivity contribution in [2.24, 2.45) is 0 Å². The number of nitrogens with zero attached hydrogens (tertiary/aromatic N) is 2. The smallest absolute Gasteiger partial charge is 0.275 e. The van der Waals surface area contributed by atoms with Gasteiger partial charge in [0.25, 0.3) is 5.91 Å². The highest BCUT2D eigenvalue weighted by Gasteiger charge is 2.41. The van der Waals surface area contributed by atoms with Gasteiger partial charge in [-0.05, 0) is 31.4 Å². The topological polar surface area (TPSA) is 76.4 Å². The van der Waals surface area contributed by atoms with E-state index in [1.807, 2.05) is 30.3 Å². The van der Waals surface area contributed by atoms with Crippen LogP contribution in [0.1, 0.15) is 29.8 Å². The molecule has 2 saturated heterocycles. The number of para-hydroxylation sites is 1. The quantitative estimate of drug-likeness (QED) is 0.903. The van der Waals surface area contributed by atoms with Gasteiger partial charge in [-0.3, -0.25) is 4.79 Å². The van der Waals surface area contributed by atoms with E-state index in [1.165, 1.54) is 10.9 Å². The fourth-order valence-electron chi connectivity index (χ4n) is 3.27. The zero-order valence-corrected chi connectivity index (χ0v) is 12.0. The van der Waals surface area contributed by atoms with Crippen LogP contribution >= 0.6 is 0 Å². The first-order valence-electron chi connectivity index (χ1n) is 7.51. The van der Waals surface area contributed by atoms with Crippen LogP contribution in [0.4, 0.5) is 0 Å². The van der Waals surface area contributed by atoms with Gasteiger partial charge in [-0.1, -0.05) is 18.2 Å². The molecule has 3 heterocycles. The second kappa shape index (κ2) is 5.14. The average molecular weight is 299 g/mol. The van der Waals surface area contributed by atoms with Crippen LogP contribution < -0.4 is 5.32 Å². The molecule has 0 unspecified atom stereocenters. The number of benzene rings is 1. The van der Waals surface area contributed by atoms with Gasteiger partial charge in [-0.15, -0.1) is 0 Å². The van der Waals surface area contributed by atoms with Crippen LogP contribution in [-0.2, 0) is 4.74 Å². The second-order valence-corrected chi connectivity index (χ2v) is 5.83. The number of aromatic hydroxyl groups is 1. The van der Waals surface area contributed by atoms with Crippen molar-refractivity contribution in [3.63, 3.8) is 0 Å². The van der Waals surface area contributed by atoms with Gasteiger partial charge in [-0.2, -0.15) is 5.10 Å². The molecule has 2 aliphatic heterocycles. The van der Waals surface area contributed by atoms with E-state index in [9.17, 15) is 9.90 Å². The number of amides is 1. The monoisotopic (exact) mass is 299 g/mol. The molecule has 6 nitrogen and oxygen atoms in total. The van der Waals surface area contributed by atoms with E-state index in [-0.39, 0.29) is 35.6 Å². The minimum atomic E-state index is -0.353. The molecule has 2 bridgehead atoms. The Labute approximate surface area is 127 Å². The van der Waals surface area contributed by atoms with Gasteiger partial charge in [0, 0.05) is 0 Å². The maximum atomic E-state index is 12.3. The van der Waals surface area contributed by atoms with Crippen LogP contribution in [-0.4, -0.2) is 39.0 Å². The summed E-state index contributed by atoms with van der Waals surface area (Å²) in [5.41, 5.74) is 0.840. The number of carbonyl (C=O) groups excluding carboxylic acids is 1. The van der Waals surface area contributed by atoms with E-state index in [0.717, 1.165) is 24.9 Å². The summed E-state index contributed by atoms with van der Waals surface area (Å²) in [5, 5.41) is 17.1. The summed E-state index contributed by atoms with van der Waals surface area (Å²) >= 11 is 0. The average Bonchev–Trinajstić information content (AvgIpc) is 3.23. The summed E-state index contributed by atoms with van der Waals surface area (Å²) in [5.74, 6) is -0.473. The molecule has 114 valence electrons. The molecule has 2 fully saturated rings. The number of carbonyl (C=O) groups is 1. The Morgan fingerprint density at radius 1 is 1.32 bits per heavy atom. The number of hydrogen-bond acceptors (Lipinski definition) is 4. The van der Waals surface area contributed by atoms with E-state index in [1.54, 1.807) is 0 Å². The normalized spacial score (nSPS) is 26.3. The van der Waals surface area contributed by atoms with Gasteiger partial charge >= 0.3 is 0 Å². The Morgan fingerprint density at radius 2 is 2.14 bits per heavy atom. The van der Waals surface area contributed by atoms with E-state index < -0.39 is 0 Å². The molecule has 0 aliphatic carbocycles. The highest BCUT2D eigenvalue weighted by Crippen LogP contribution is 2.34. The lowest BCUT2D eigenvalue weighted by molar-refractivity contribution is 0.0835. The van der Waals surface area contributed by atoms with E-state index in [0.29, 0.717) is 0 Å². The SMILES string of the molecule is O=C(N[C@@H]1C[C@@H]2CC[C@H]1O2)c1nn(-c2ccccc2)cc1O. The van der Waals surface area contributed by atoms with Crippen molar-refractivity contribution in [2.75, 3.05) is 0 Å². The highest BCUT2D eigenvalue weighted by molar-refractivity contribution is 5.95. The third kappa shape index (κ3) is 2.25. The van der Waals surface area contributed by atoms with Gasteiger partial charge in [0.1, 0.15) is 0 Å². The molecule has 2 aliphatic rings. The fourth-order valence-corrected chi connectivity index (χ4v) is 3.27. The molecule has 1 amide bonds. The lowest BCUT2D eigenvalue weighted by Crippen LogP contribution is -2.41. The predicted octanol–water partition coefficient (Wildman–Crippen LogP) is 1.63. The number of hydrogen-bond donors (Lipinski definition) is 2. The van der Waals surface area contributed by atoms with E-state index in [4.69, 9.17) is 4.74 Å². The van der Waals surface area contributed by atoms with Crippen molar-refractivity contribution in [3.05, 3.63) is 42.2 Å². The van der Waals surface area contributed by atoms with Crippen LogP contribution in [0.3, 0.4) is 0 Å². The molecule has 3 atom stereocenters. The molecule has 2 N–H and O–H groups in total.